The van der Waals surface area contributed by atoms with Crippen LogP contribution in [0.3, 0.4) is 0 Å². The molecule has 2 aromatic rings. The summed E-state index contributed by atoms with van der Waals surface area (Å²) in [5, 5.41) is 3.18. The average molecular weight is 207 g/mol. The summed E-state index contributed by atoms with van der Waals surface area (Å²) in [5.74, 6) is 0. The van der Waals surface area contributed by atoms with Crippen molar-refractivity contribution in [2.45, 2.75) is 13.0 Å². The fraction of sp³-hybridized carbons (Fsp3) is 0.364. The first-order chi connectivity index (χ1) is 7.42. The van der Waals surface area contributed by atoms with Crippen LogP contribution in [0.15, 0.2) is 30.6 Å². The van der Waals surface area contributed by atoms with Gasteiger partial charge in [-0.05, 0) is 25.1 Å². The van der Waals surface area contributed by atoms with Crippen molar-refractivity contribution in [3.05, 3.63) is 36.3 Å². The van der Waals surface area contributed by atoms with E-state index in [1.54, 1.807) is 0 Å². The molecule has 0 aromatic carbocycles. The molecular weight excluding hydrogens is 193 g/mol. The number of imidazole rings is 1. The van der Waals surface area contributed by atoms with E-state index in [9.17, 15) is 4.39 Å². The Balaban J connectivity index is 2.02. The maximum Gasteiger partial charge on any atom is 0.136 e. The molecule has 0 unspecified atom stereocenters. The summed E-state index contributed by atoms with van der Waals surface area (Å²) in [7, 11) is 0. The molecule has 0 atom stereocenters. The summed E-state index contributed by atoms with van der Waals surface area (Å²) in [5.41, 5.74) is 2.05. The predicted octanol–water partition coefficient (Wildman–Crippen LogP) is 1.78. The van der Waals surface area contributed by atoms with E-state index in [-0.39, 0.29) is 6.67 Å². The molecule has 80 valence electrons. The Morgan fingerprint density at radius 1 is 1.40 bits per heavy atom. The minimum atomic E-state index is -0.264. The molecule has 0 saturated heterocycles. The highest BCUT2D eigenvalue weighted by Crippen LogP contribution is 2.05. The molecule has 2 heterocycles. The molecule has 15 heavy (non-hydrogen) atoms. The third kappa shape index (κ3) is 2.33. The molecule has 0 amide bonds. The van der Waals surface area contributed by atoms with Crippen molar-refractivity contribution in [2.75, 3.05) is 13.2 Å². The number of pyridine rings is 1. The SMILES string of the molecule is FCCCNCc1cnc2ccccn12. The predicted molar refractivity (Wildman–Crippen MR) is 57.5 cm³/mol. The summed E-state index contributed by atoms with van der Waals surface area (Å²) in [6.45, 7) is 1.17. The van der Waals surface area contributed by atoms with E-state index in [1.165, 1.54) is 0 Å². The molecule has 0 bridgehead atoms. The molecule has 2 aromatic heterocycles. The number of hydrogen-bond acceptors (Lipinski definition) is 2. The molecule has 3 nitrogen and oxygen atoms in total. The van der Waals surface area contributed by atoms with Gasteiger partial charge in [-0.25, -0.2) is 4.98 Å². The molecule has 0 aliphatic carbocycles. The van der Waals surface area contributed by atoms with E-state index in [0.717, 1.165) is 17.9 Å². The van der Waals surface area contributed by atoms with Gasteiger partial charge in [-0.2, -0.15) is 0 Å². The lowest BCUT2D eigenvalue weighted by Gasteiger charge is -2.02. The van der Waals surface area contributed by atoms with Gasteiger partial charge < -0.3 is 9.72 Å². The first-order valence-electron chi connectivity index (χ1n) is 5.09. The number of rotatable bonds is 5. The molecule has 2 rings (SSSR count). The molecule has 0 radical (unpaired) electrons. The zero-order valence-corrected chi connectivity index (χ0v) is 8.49. The summed E-state index contributed by atoms with van der Waals surface area (Å²) in [6.07, 6.45) is 4.39. The summed E-state index contributed by atoms with van der Waals surface area (Å²) >= 11 is 0. The van der Waals surface area contributed by atoms with Crippen molar-refractivity contribution in [2.24, 2.45) is 0 Å². The van der Waals surface area contributed by atoms with Crippen molar-refractivity contribution in [3.63, 3.8) is 0 Å². The van der Waals surface area contributed by atoms with Crippen molar-refractivity contribution in [3.8, 4) is 0 Å². The van der Waals surface area contributed by atoms with Crippen molar-refractivity contribution in [1.29, 1.82) is 0 Å². The van der Waals surface area contributed by atoms with Crippen LogP contribution in [0.4, 0.5) is 4.39 Å². The molecule has 0 saturated carbocycles. The first kappa shape index (κ1) is 10.1. The first-order valence-corrected chi connectivity index (χ1v) is 5.09. The van der Waals surface area contributed by atoms with E-state index in [4.69, 9.17) is 0 Å². The van der Waals surface area contributed by atoms with E-state index < -0.39 is 0 Å². The second-order valence-corrected chi connectivity index (χ2v) is 3.40. The Labute approximate surface area is 87.9 Å². The van der Waals surface area contributed by atoms with Crippen LogP contribution in [0.1, 0.15) is 12.1 Å². The number of alkyl halides is 1. The van der Waals surface area contributed by atoms with E-state index >= 15 is 0 Å². The van der Waals surface area contributed by atoms with Gasteiger partial charge in [0.1, 0.15) is 5.65 Å². The molecule has 0 spiro atoms. The summed E-state index contributed by atoms with van der Waals surface area (Å²) in [6, 6.07) is 5.90. The highest BCUT2D eigenvalue weighted by atomic mass is 19.1. The van der Waals surface area contributed by atoms with Crippen LogP contribution < -0.4 is 5.32 Å². The lowest BCUT2D eigenvalue weighted by Crippen LogP contribution is -2.16. The maximum atomic E-state index is 11.9. The van der Waals surface area contributed by atoms with Crippen molar-refractivity contribution in [1.82, 2.24) is 14.7 Å². The second-order valence-electron chi connectivity index (χ2n) is 3.40. The van der Waals surface area contributed by atoms with Gasteiger partial charge in [-0.1, -0.05) is 6.07 Å². The molecule has 0 aliphatic heterocycles. The van der Waals surface area contributed by atoms with E-state index in [0.29, 0.717) is 13.0 Å². The Kier molecular flexibility index (Phi) is 3.29. The highest BCUT2D eigenvalue weighted by molar-refractivity contribution is 5.39. The van der Waals surface area contributed by atoms with Gasteiger partial charge in [-0.3, -0.25) is 4.39 Å². The van der Waals surface area contributed by atoms with Crippen LogP contribution in [0.5, 0.6) is 0 Å². The monoisotopic (exact) mass is 207 g/mol. The minimum Gasteiger partial charge on any atom is -0.311 e. The second kappa shape index (κ2) is 4.89. The fourth-order valence-electron chi connectivity index (χ4n) is 1.52. The Hall–Kier alpha value is -1.42. The van der Waals surface area contributed by atoms with Gasteiger partial charge in [0.15, 0.2) is 0 Å². The van der Waals surface area contributed by atoms with Gasteiger partial charge in [-0.15, -0.1) is 0 Å². The number of fused-ring (bicyclic) bond motifs is 1. The number of nitrogens with zero attached hydrogens (tertiary/aromatic N) is 2. The van der Waals surface area contributed by atoms with E-state index in [2.05, 4.69) is 10.3 Å². The zero-order chi connectivity index (χ0) is 10.5. The van der Waals surface area contributed by atoms with Gasteiger partial charge in [0.25, 0.3) is 0 Å². The summed E-state index contributed by atoms with van der Waals surface area (Å²) < 4.78 is 13.9. The largest absolute Gasteiger partial charge is 0.311 e. The molecule has 0 fully saturated rings. The molecule has 0 aliphatic rings. The van der Waals surface area contributed by atoms with Crippen LogP contribution in [-0.4, -0.2) is 22.6 Å². The van der Waals surface area contributed by atoms with Gasteiger partial charge in [0.05, 0.1) is 18.6 Å². The number of halogens is 1. The Morgan fingerprint density at radius 2 is 2.33 bits per heavy atom. The normalized spacial score (nSPS) is 11.0. The quantitative estimate of drug-likeness (QED) is 0.757. The summed E-state index contributed by atoms with van der Waals surface area (Å²) in [4.78, 5) is 4.27. The highest BCUT2D eigenvalue weighted by Gasteiger charge is 2.00. The van der Waals surface area contributed by atoms with Gasteiger partial charge >= 0.3 is 0 Å². The molecule has 1 N–H and O–H groups in total. The smallest absolute Gasteiger partial charge is 0.136 e. The number of aromatic nitrogens is 2. The third-order valence-electron chi connectivity index (χ3n) is 2.29. The van der Waals surface area contributed by atoms with Gasteiger partial charge in [0.2, 0.25) is 0 Å². The molecular formula is C11H14FN3. The topological polar surface area (TPSA) is 29.3 Å². The Morgan fingerprint density at radius 3 is 3.20 bits per heavy atom. The fourth-order valence-corrected chi connectivity index (χ4v) is 1.52. The van der Waals surface area contributed by atoms with Crippen LogP contribution in [0, 0.1) is 0 Å². The standard InChI is InChI=1S/C11H14FN3/c12-5-3-6-13-8-10-9-14-11-4-1-2-7-15(10)11/h1-2,4,7,9,13H,3,5-6,8H2. The van der Waals surface area contributed by atoms with Crippen LogP contribution in [-0.2, 0) is 6.54 Å². The third-order valence-corrected chi connectivity index (χ3v) is 2.29. The number of nitrogens with one attached hydrogen (secondary N) is 1. The maximum absolute atomic E-state index is 11.9. The lowest BCUT2D eigenvalue weighted by molar-refractivity contribution is 0.458. The minimum absolute atomic E-state index is 0.264. The average Bonchev–Trinajstić information content (AvgIpc) is 2.68. The Bertz CT molecular complexity index is 424. The zero-order valence-electron chi connectivity index (χ0n) is 8.49. The molecule has 4 heteroatoms. The lowest BCUT2D eigenvalue weighted by atomic mass is 10.4. The van der Waals surface area contributed by atoms with Crippen molar-refractivity contribution >= 4 is 5.65 Å². The van der Waals surface area contributed by atoms with Gasteiger partial charge in [0, 0.05) is 12.7 Å². The van der Waals surface area contributed by atoms with Crippen molar-refractivity contribution < 1.29 is 4.39 Å². The van der Waals surface area contributed by atoms with Crippen LogP contribution in [0.25, 0.3) is 5.65 Å². The van der Waals surface area contributed by atoms with Crippen LogP contribution in [0.2, 0.25) is 0 Å². The van der Waals surface area contributed by atoms with Crippen LogP contribution >= 0.6 is 0 Å². The van der Waals surface area contributed by atoms with E-state index in [1.807, 2.05) is 35.0 Å². The number of hydrogen-bond donors (Lipinski definition) is 1.